The zero-order valence-corrected chi connectivity index (χ0v) is 9.14. The van der Waals surface area contributed by atoms with Crippen LogP contribution < -0.4 is 10.9 Å². The van der Waals surface area contributed by atoms with Crippen LogP contribution in [-0.4, -0.2) is 15.0 Å². The fraction of sp³-hybridized carbons (Fsp3) is 0.250. The van der Waals surface area contributed by atoms with E-state index in [-0.39, 0.29) is 17.3 Å². The molecule has 0 aliphatic heterocycles. The number of hydrogen-bond donors (Lipinski definition) is 2. The van der Waals surface area contributed by atoms with E-state index < -0.39 is 10.0 Å². The Morgan fingerprint density at radius 2 is 1.79 bits per heavy atom. The zero-order chi connectivity index (χ0) is 9.90. The molecule has 14 heavy (non-hydrogen) atoms. The lowest BCUT2D eigenvalue weighted by Gasteiger charge is -2.04. The molecule has 0 fully saturated rings. The van der Waals surface area contributed by atoms with Crippen LogP contribution in [0.25, 0.3) is 0 Å². The monoisotopic (exact) mass is 236 g/mol. The first-order chi connectivity index (χ1) is 6.05. The van der Waals surface area contributed by atoms with Gasteiger partial charge in [0, 0.05) is 0 Å². The SMILES string of the molecule is Cl.NCCc1ccccc1S(N)(=O)=O. The minimum absolute atomic E-state index is 0. The molecule has 0 radical (unpaired) electrons. The van der Waals surface area contributed by atoms with Crippen LogP contribution in [0.3, 0.4) is 0 Å². The highest BCUT2D eigenvalue weighted by atomic mass is 35.5. The largest absolute Gasteiger partial charge is 0.330 e. The van der Waals surface area contributed by atoms with Gasteiger partial charge in [0.15, 0.2) is 0 Å². The van der Waals surface area contributed by atoms with Crippen LogP contribution in [0.15, 0.2) is 29.2 Å². The van der Waals surface area contributed by atoms with Gasteiger partial charge in [0.1, 0.15) is 0 Å². The maximum Gasteiger partial charge on any atom is 0.238 e. The van der Waals surface area contributed by atoms with Crippen LogP contribution in [0.2, 0.25) is 0 Å². The Balaban J connectivity index is 0.00000169. The average molecular weight is 237 g/mol. The molecule has 0 spiro atoms. The highest BCUT2D eigenvalue weighted by Gasteiger charge is 2.11. The van der Waals surface area contributed by atoms with Crippen LogP contribution in [0, 0.1) is 0 Å². The smallest absolute Gasteiger partial charge is 0.238 e. The molecule has 0 saturated carbocycles. The number of rotatable bonds is 3. The highest BCUT2D eigenvalue weighted by molar-refractivity contribution is 7.89. The molecular weight excluding hydrogens is 224 g/mol. The van der Waals surface area contributed by atoms with Gasteiger partial charge in [-0.05, 0) is 24.6 Å². The fourth-order valence-electron chi connectivity index (χ4n) is 1.14. The van der Waals surface area contributed by atoms with E-state index in [9.17, 15) is 8.42 Å². The van der Waals surface area contributed by atoms with Crippen molar-refractivity contribution in [1.29, 1.82) is 0 Å². The van der Waals surface area contributed by atoms with Gasteiger partial charge in [-0.25, -0.2) is 13.6 Å². The summed E-state index contributed by atoms with van der Waals surface area (Å²) in [5.41, 5.74) is 6.01. The number of primary sulfonamides is 1. The molecule has 0 unspecified atom stereocenters. The Kier molecular flexibility index (Phi) is 5.07. The van der Waals surface area contributed by atoms with Gasteiger partial charge < -0.3 is 5.73 Å². The van der Waals surface area contributed by atoms with Gasteiger partial charge in [-0.15, -0.1) is 12.4 Å². The third-order valence-corrected chi connectivity index (χ3v) is 2.70. The predicted molar refractivity (Wildman–Crippen MR) is 57.8 cm³/mol. The third-order valence-electron chi connectivity index (χ3n) is 1.69. The van der Waals surface area contributed by atoms with Crippen molar-refractivity contribution in [2.75, 3.05) is 6.54 Å². The number of halogens is 1. The Labute approximate surface area is 89.8 Å². The molecular formula is C8H13ClN2O2S. The summed E-state index contributed by atoms with van der Waals surface area (Å²) in [6.45, 7) is 0.409. The standard InChI is InChI=1S/C8H12N2O2S.ClH/c9-6-5-7-3-1-2-4-8(7)13(10,11)12;/h1-4H,5-6,9H2,(H2,10,11,12);1H. The van der Waals surface area contributed by atoms with Gasteiger partial charge in [0.25, 0.3) is 0 Å². The molecule has 1 aromatic rings. The normalized spacial score (nSPS) is 10.7. The summed E-state index contributed by atoms with van der Waals surface area (Å²) in [6.07, 6.45) is 0.520. The summed E-state index contributed by atoms with van der Waals surface area (Å²) in [5, 5.41) is 5.02. The van der Waals surface area contributed by atoms with E-state index in [1.54, 1.807) is 18.2 Å². The molecule has 80 valence electrons. The van der Waals surface area contributed by atoms with Crippen molar-refractivity contribution in [2.45, 2.75) is 11.3 Å². The van der Waals surface area contributed by atoms with E-state index in [1.165, 1.54) is 6.07 Å². The number of nitrogens with two attached hydrogens (primary N) is 2. The number of sulfonamides is 1. The number of hydrogen-bond acceptors (Lipinski definition) is 3. The summed E-state index contributed by atoms with van der Waals surface area (Å²) in [6, 6.07) is 6.60. The molecule has 0 atom stereocenters. The van der Waals surface area contributed by atoms with Gasteiger partial charge in [0.05, 0.1) is 4.90 Å². The first-order valence-electron chi connectivity index (χ1n) is 3.86. The van der Waals surface area contributed by atoms with Crippen LogP contribution in [0.4, 0.5) is 0 Å². The van der Waals surface area contributed by atoms with Crippen LogP contribution in [-0.2, 0) is 16.4 Å². The Bertz CT molecular complexity index is 392. The molecule has 0 aliphatic carbocycles. The molecule has 0 aromatic heterocycles. The molecule has 0 heterocycles. The minimum atomic E-state index is -3.61. The van der Waals surface area contributed by atoms with E-state index in [4.69, 9.17) is 10.9 Å². The summed E-state index contributed by atoms with van der Waals surface area (Å²) in [4.78, 5) is 0.167. The van der Waals surface area contributed by atoms with Crippen molar-refractivity contribution in [3.8, 4) is 0 Å². The quantitative estimate of drug-likeness (QED) is 0.789. The highest BCUT2D eigenvalue weighted by Crippen LogP contribution is 2.13. The van der Waals surface area contributed by atoms with Gasteiger partial charge >= 0.3 is 0 Å². The predicted octanol–water partition coefficient (Wildman–Crippen LogP) is 0.257. The molecule has 0 aliphatic rings. The van der Waals surface area contributed by atoms with E-state index in [1.807, 2.05) is 0 Å². The Morgan fingerprint density at radius 1 is 1.21 bits per heavy atom. The first-order valence-corrected chi connectivity index (χ1v) is 5.41. The van der Waals surface area contributed by atoms with E-state index in [2.05, 4.69) is 0 Å². The van der Waals surface area contributed by atoms with Gasteiger partial charge in [-0.3, -0.25) is 0 Å². The molecule has 0 bridgehead atoms. The summed E-state index contributed by atoms with van der Waals surface area (Å²) in [5.74, 6) is 0. The second kappa shape index (κ2) is 5.31. The summed E-state index contributed by atoms with van der Waals surface area (Å²) < 4.78 is 22.1. The first kappa shape index (κ1) is 13.4. The third kappa shape index (κ3) is 3.26. The van der Waals surface area contributed by atoms with Crippen LogP contribution in [0.5, 0.6) is 0 Å². The summed E-state index contributed by atoms with van der Waals surface area (Å²) in [7, 11) is -3.61. The van der Waals surface area contributed by atoms with Gasteiger partial charge in [-0.2, -0.15) is 0 Å². The molecule has 1 aromatic carbocycles. The summed E-state index contributed by atoms with van der Waals surface area (Å²) >= 11 is 0. The fourth-order valence-corrected chi connectivity index (χ4v) is 1.95. The topological polar surface area (TPSA) is 86.2 Å². The van der Waals surface area contributed by atoms with E-state index in [0.29, 0.717) is 18.5 Å². The van der Waals surface area contributed by atoms with Crippen molar-refractivity contribution < 1.29 is 8.42 Å². The lowest BCUT2D eigenvalue weighted by molar-refractivity contribution is 0.596. The average Bonchev–Trinajstić information content (AvgIpc) is 2.04. The molecule has 6 heteroatoms. The zero-order valence-electron chi connectivity index (χ0n) is 7.51. The minimum Gasteiger partial charge on any atom is -0.330 e. The molecule has 0 amide bonds. The lowest BCUT2D eigenvalue weighted by Crippen LogP contribution is -2.16. The molecule has 4 nitrogen and oxygen atoms in total. The maximum atomic E-state index is 11.1. The van der Waals surface area contributed by atoms with Crippen LogP contribution in [0.1, 0.15) is 5.56 Å². The second-order valence-electron chi connectivity index (χ2n) is 2.69. The van der Waals surface area contributed by atoms with Crippen molar-refractivity contribution in [3.63, 3.8) is 0 Å². The second-order valence-corrected chi connectivity index (χ2v) is 4.22. The Hall–Kier alpha value is -0.620. The molecule has 4 N–H and O–H groups in total. The van der Waals surface area contributed by atoms with Crippen molar-refractivity contribution >= 4 is 22.4 Å². The number of benzene rings is 1. The molecule has 1 rings (SSSR count). The van der Waals surface area contributed by atoms with E-state index >= 15 is 0 Å². The van der Waals surface area contributed by atoms with Crippen LogP contribution >= 0.6 is 12.4 Å². The van der Waals surface area contributed by atoms with Crippen molar-refractivity contribution in [1.82, 2.24) is 0 Å². The Morgan fingerprint density at radius 3 is 2.29 bits per heavy atom. The van der Waals surface area contributed by atoms with Gasteiger partial charge in [-0.1, -0.05) is 18.2 Å². The lowest BCUT2D eigenvalue weighted by atomic mass is 10.1. The maximum absolute atomic E-state index is 11.1. The van der Waals surface area contributed by atoms with Crippen molar-refractivity contribution in [2.24, 2.45) is 10.9 Å². The van der Waals surface area contributed by atoms with E-state index in [0.717, 1.165) is 0 Å². The van der Waals surface area contributed by atoms with Crippen molar-refractivity contribution in [3.05, 3.63) is 29.8 Å². The molecule has 0 saturated heterocycles. The van der Waals surface area contributed by atoms with Gasteiger partial charge in [0.2, 0.25) is 10.0 Å².